The van der Waals surface area contributed by atoms with Gasteiger partial charge in [0.1, 0.15) is 17.6 Å². The average molecular weight is 447 g/mol. The Hall–Kier alpha value is -4.26. The number of phenols is 1. The number of ether oxygens (including phenoxy) is 2. The number of rotatable bonds is 10. The smallest absolute Gasteiger partial charge is 0.412 e. The Labute approximate surface area is 191 Å². The molecule has 0 heterocycles. The molecule has 0 fully saturated rings. The number of nitrogens with one attached hydrogen (secondary N) is 1. The lowest BCUT2D eigenvalue weighted by atomic mass is 10.00. The second-order valence-electron chi connectivity index (χ2n) is 7.20. The Bertz CT molecular complexity index is 1050. The van der Waals surface area contributed by atoms with Crippen LogP contribution in [0.15, 0.2) is 97.1 Å². The third-order valence-corrected chi connectivity index (χ3v) is 4.72. The van der Waals surface area contributed by atoms with Gasteiger partial charge in [0.2, 0.25) is 0 Å². The molecule has 0 aliphatic rings. The molecule has 0 aromatic heterocycles. The van der Waals surface area contributed by atoms with Crippen molar-refractivity contribution in [3.63, 3.8) is 0 Å². The summed E-state index contributed by atoms with van der Waals surface area (Å²) in [6.07, 6.45) is 1.25. The summed E-state index contributed by atoms with van der Waals surface area (Å²) in [6, 6.07) is 24.3. The van der Waals surface area contributed by atoms with Crippen molar-refractivity contribution < 1.29 is 29.3 Å². The van der Waals surface area contributed by atoms with E-state index in [2.05, 4.69) is 5.32 Å². The average Bonchev–Trinajstić information content (AvgIpc) is 2.81. The first-order valence-electron chi connectivity index (χ1n) is 10.4. The molecule has 3 N–H and O–H groups in total. The lowest BCUT2D eigenvalue weighted by Gasteiger charge is -2.28. The summed E-state index contributed by atoms with van der Waals surface area (Å²) in [6.45, 7) is 0. The molecule has 0 aliphatic heterocycles. The van der Waals surface area contributed by atoms with Gasteiger partial charge in [-0.3, -0.25) is 5.32 Å². The van der Waals surface area contributed by atoms with Crippen LogP contribution in [-0.2, 0) is 9.53 Å². The SMILES string of the molecule is O=C(O)/C=C/CC[C@H](Oc1ccccc1)[C@@H](OC(=O)Nc1ccccc1)c1ccc(O)cc1. The van der Waals surface area contributed by atoms with Gasteiger partial charge >= 0.3 is 12.1 Å². The monoisotopic (exact) mass is 447 g/mol. The third kappa shape index (κ3) is 7.74. The van der Waals surface area contributed by atoms with Crippen LogP contribution in [0.25, 0.3) is 0 Å². The maximum absolute atomic E-state index is 12.7. The van der Waals surface area contributed by atoms with Gasteiger partial charge in [-0.15, -0.1) is 0 Å². The second-order valence-corrected chi connectivity index (χ2v) is 7.20. The van der Waals surface area contributed by atoms with Crippen molar-refractivity contribution in [2.75, 3.05) is 5.32 Å². The molecule has 0 aliphatic carbocycles. The predicted octanol–water partition coefficient (Wildman–Crippen LogP) is 5.55. The quantitative estimate of drug-likeness (QED) is 0.352. The predicted molar refractivity (Wildman–Crippen MR) is 124 cm³/mol. The molecule has 2 atom stereocenters. The molecule has 0 bridgehead atoms. The van der Waals surface area contributed by atoms with Crippen LogP contribution in [-0.4, -0.2) is 28.4 Å². The number of carboxylic acid groups (broad SMARTS) is 1. The lowest BCUT2D eigenvalue weighted by Crippen LogP contribution is -2.31. The van der Waals surface area contributed by atoms with Gasteiger partial charge < -0.3 is 19.7 Å². The number of hydrogen-bond donors (Lipinski definition) is 3. The zero-order valence-corrected chi connectivity index (χ0v) is 17.8. The zero-order chi connectivity index (χ0) is 23.5. The number of para-hydroxylation sites is 2. The zero-order valence-electron chi connectivity index (χ0n) is 17.8. The van der Waals surface area contributed by atoms with Gasteiger partial charge in [-0.2, -0.15) is 0 Å². The topological polar surface area (TPSA) is 105 Å². The summed E-state index contributed by atoms with van der Waals surface area (Å²) < 4.78 is 12.0. The molecule has 3 aromatic rings. The maximum atomic E-state index is 12.7. The highest BCUT2D eigenvalue weighted by Gasteiger charge is 2.29. The van der Waals surface area contributed by atoms with E-state index in [4.69, 9.17) is 14.6 Å². The van der Waals surface area contributed by atoms with Crippen LogP contribution in [0, 0.1) is 0 Å². The fourth-order valence-corrected chi connectivity index (χ4v) is 3.20. The third-order valence-electron chi connectivity index (χ3n) is 4.72. The molecule has 0 radical (unpaired) electrons. The van der Waals surface area contributed by atoms with E-state index in [0.29, 0.717) is 29.8 Å². The van der Waals surface area contributed by atoms with Crippen LogP contribution in [0.5, 0.6) is 11.5 Å². The van der Waals surface area contributed by atoms with Crippen molar-refractivity contribution in [3.05, 3.63) is 103 Å². The second kappa shape index (κ2) is 12.0. The number of allylic oxidation sites excluding steroid dienone is 1. The number of carboxylic acids is 1. The lowest BCUT2D eigenvalue weighted by molar-refractivity contribution is -0.131. The van der Waals surface area contributed by atoms with E-state index in [-0.39, 0.29) is 5.75 Å². The first-order valence-corrected chi connectivity index (χ1v) is 10.4. The Morgan fingerprint density at radius 3 is 2.18 bits per heavy atom. The highest BCUT2D eigenvalue weighted by Crippen LogP contribution is 2.30. The minimum Gasteiger partial charge on any atom is -0.508 e. The summed E-state index contributed by atoms with van der Waals surface area (Å²) in [4.78, 5) is 23.5. The molecule has 3 rings (SSSR count). The van der Waals surface area contributed by atoms with Crippen molar-refractivity contribution >= 4 is 17.7 Å². The Morgan fingerprint density at radius 2 is 1.55 bits per heavy atom. The fraction of sp³-hybridized carbons (Fsp3) is 0.154. The Balaban J connectivity index is 1.86. The molecule has 7 heteroatoms. The highest BCUT2D eigenvalue weighted by molar-refractivity contribution is 5.84. The minimum absolute atomic E-state index is 0.0798. The van der Waals surface area contributed by atoms with Crippen LogP contribution in [0.2, 0.25) is 0 Å². The number of benzene rings is 3. The first-order chi connectivity index (χ1) is 16.0. The van der Waals surface area contributed by atoms with Crippen LogP contribution in [0.4, 0.5) is 10.5 Å². The summed E-state index contributed by atoms with van der Waals surface area (Å²) >= 11 is 0. The van der Waals surface area contributed by atoms with Gasteiger partial charge in [-0.1, -0.05) is 54.6 Å². The molecular weight excluding hydrogens is 422 g/mol. The van der Waals surface area contributed by atoms with Crippen molar-refractivity contribution in [1.29, 1.82) is 0 Å². The van der Waals surface area contributed by atoms with Crippen molar-refractivity contribution in [3.8, 4) is 11.5 Å². The Morgan fingerprint density at radius 1 is 0.909 bits per heavy atom. The molecule has 0 saturated heterocycles. The van der Waals surface area contributed by atoms with Gasteiger partial charge in [-0.25, -0.2) is 9.59 Å². The van der Waals surface area contributed by atoms with E-state index in [1.165, 1.54) is 18.2 Å². The van der Waals surface area contributed by atoms with Gasteiger partial charge in [-0.05, 0) is 54.8 Å². The number of amides is 1. The molecule has 1 amide bonds. The number of aromatic hydroxyl groups is 1. The van der Waals surface area contributed by atoms with E-state index < -0.39 is 24.3 Å². The van der Waals surface area contributed by atoms with E-state index in [1.54, 1.807) is 48.5 Å². The van der Waals surface area contributed by atoms with E-state index >= 15 is 0 Å². The van der Waals surface area contributed by atoms with Crippen LogP contribution in [0.3, 0.4) is 0 Å². The van der Waals surface area contributed by atoms with Gasteiger partial charge in [0, 0.05) is 11.8 Å². The van der Waals surface area contributed by atoms with Crippen LogP contribution >= 0.6 is 0 Å². The number of phenolic OH excluding ortho intramolecular Hbond substituents is 1. The van der Waals surface area contributed by atoms with Crippen molar-refractivity contribution in [1.82, 2.24) is 0 Å². The summed E-state index contributed by atoms with van der Waals surface area (Å²) in [5.74, 6) is -0.374. The largest absolute Gasteiger partial charge is 0.508 e. The fourth-order valence-electron chi connectivity index (χ4n) is 3.20. The minimum atomic E-state index is -1.04. The molecule has 170 valence electrons. The van der Waals surface area contributed by atoms with Gasteiger partial charge in [0.25, 0.3) is 0 Å². The highest BCUT2D eigenvalue weighted by atomic mass is 16.6. The van der Waals surface area contributed by atoms with Crippen LogP contribution < -0.4 is 10.1 Å². The van der Waals surface area contributed by atoms with Gasteiger partial charge in [0.05, 0.1) is 0 Å². The molecule has 0 unspecified atom stereocenters. The standard InChI is InChI=1S/C26H25NO6/c28-21-17-15-19(16-18-21)25(33-26(31)27-20-9-3-1-4-10-20)23(13-7-8-14-24(29)30)32-22-11-5-2-6-12-22/h1-6,8-12,14-18,23,25,28H,7,13H2,(H,27,31)(H,29,30)/b14-8+/t23-,25-/m0/s1. The molecule has 7 nitrogen and oxygen atoms in total. The molecule has 0 saturated carbocycles. The summed E-state index contributed by atoms with van der Waals surface area (Å²) in [5, 5.41) is 21.3. The molecule has 33 heavy (non-hydrogen) atoms. The van der Waals surface area contributed by atoms with E-state index in [0.717, 1.165) is 6.08 Å². The summed E-state index contributed by atoms with van der Waals surface area (Å²) in [5.41, 5.74) is 1.20. The maximum Gasteiger partial charge on any atom is 0.412 e. The number of aliphatic carboxylic acids is 1. The summed E-state index contributed by atoms with van der Waals surface area (Å²) in [7, 11) is 0. The number of carbonyl (C=O) groups is 2. The Kier molecular flexibility index (Phi) is 8.48. The normalized spacial score (nSPS) is 12.6. The number of carbonyl (C=O) groups excluding carboxylic acids is 1. The van der Waals surface area contributed by atoms with Gasteiger partial charge in [0.15, 0.2) is 6.10 Å². The molecule has 0 spiro atoms. The van der Waals surface area contributed by atoms with Crippen molar-refractivity contribution in [2.24, 2.45) is 0 Å². The number of hydrogen-bond acceptors (Lipinski definition) is 5. The van der Waals surface area contributed by atoms with E-state index in [9.17, 15) is 14.7 Å². The number of anilines is 1. The van der Waals surface area contributed by atoms with Crippen LogP contribution in [0.1, 0.15) is 24.5 Å². The van der Waals surface area contributed by atoms with Crippen molar-refractivity contribution in [2.45, 2.75) is 25.0 Å². The molecular formula is C26H25NO6. The van der Waals surface area contributed by atoms with E-state index in [1.807, 2.05) is 24.3 Å². The molecule has 3 aromatic carbocycles. The first kappa shape index (κ1) is 23.4.